The van der Waals surface area contributed by atoms with Crippen molar-refractivity contribution in [3.8, 4) is 0 Å². The summed E-state index contributed by atoms with van der Waals surface area (Å²) in [5, 5.41) is 2.80. The van der Waals surface area contributed by atoms with E-state index in [2.05, 4.69) is 5.32 Å². The average Bonchev–Trinajstić information content (AvgIpc) is 2.62. The van der Waals surface area contributed by atoms with Crippen LogP contribution in [0.4, 0.5) is 10.1 Å². The molecule has 27 heavy (non-hydrogen) atoms. The van der Waals surface area contributed by atoms with Crippen molar-refractivity contribution in [1.82, 2.24) is 4.90 Å². The lowest BCUT2D eigenvalue weighted by atomic mass is 10.1. The van der Waals surface area contributed by atoms with Crippen LogP contribution in [-0.2, 0) is 9.59 Å². The maximum absolute atomic E-state index is 12.9. The summed E-state index contributed by atoms with van der Waals surface area (Å²) >= 11 is 0. The molecule has 0 aromatic heterocycles. The Morgan fingerprint density at radius 3 is 2.33 bits per heavy atom. The largest absolute Gasteiger partial charge is 0.336 e. The van der Waals surface area contributed by atoms with Gasteiger partial charge in [0.1, 0.15) is 5.82 Å². The molecule has 0 heterocycles. The summed E-state index contributed by atoms with van der Waals surface area (Å²) in [5.41, 5.74) is 3.04. The van der Waals surface area contributed by atoms with Gasteiger partial charge < -0.3 is 10.2 Å². The van der Waals surface area contributed by atoms with E-state index in [1.165, 1.54) is 36.2 Å². The fourth-order valence-electron chi connectivity index (χ4n) is 2.56. The molecule has 5 nitrogen and oxygen atoms in total. The van der Waals surface area contributed by atoms with Crippen LogP contribution in [0.2, 0.25) is 0 Å². The predicted molar refractivity (Wildman–Crippen MR) is 102 cm³/mol. The SMILES string of the molecule is Cc1ccc(C)c(NC(=O)CN(C)C(=O)CCC(=O)c2ccc(F)cc2)c1. The molecule has 0 bridgehead atoms. The second-order valence-electron chi connectivity index (χ2n) is 6.55. The molecule has 1 N–H and O–H groups in total. The Hall–Kier alpha value is -3.02. The first-order valence-corrected chi connectivity index (χ1v) is 8.66. The van der Waals surface area contributed by atoms with E-state index >= 15 is 0 Å². The highest BCUT2D eigenvalue weighted by molar-refractivity contribution is 5.99. The van der Waals surface area contributed by atoms with E-state index in [0.717, 1.165) is 11.1 Å². The third-order valence-corrected chi connectivity index (χ3v) is 4.21. The van der Waals surface area contributed by atoms with Crippen LogP contribution in [0.25, 0.3) is 0 Å². The van der Waals surface area contributed by atoms with Gasteiger partial charge in [-0.1, -0.05) is 12.1 Å². The van der Waals surface area contributed by atoms with Crippen molar-refractivity contribution in [2.75, 3.05) is 18.9 Å². The number of hydrogen-bond acceptors (Lipinski definition) is 3. The van der Waals surface area contributed by atoms with Crippen LogP contribution in [0, 0.1) is 19.7 Å². The van der Waals surface area contributed by atoms with Gasteiger partial charge in [0.2, 0.25) is 11.8 Å². The van der Waals surface area contributed by atoms with E-state index in [1.807, 2.05) is 32.0 Å². The number of anilines is 1. The number of benzene rings is 2. The van der Waals surface area contributed by atoms with Crippen molar-refractivity contribution in [2.24, 2.45) is 0 Å². The van der Waals surface area contributed by atoms with Gasteiger partial charge in [-0.3, -0.25) is 14.4 Å². The highest BCUT2D eigenvalue weighted by Gasteiger charge is 2.16. The zero-order valence-corrected chi connectivity index (χ0v) is 15.7. The first kappa shape index (κ1) is 20.3. The van der Waals surface area contributed by atoms with Gasteiger partial charge in [-0.25, -0.2) is 4.39 Å². The van der Waals surface area contributed by atoms with Crippen molar-refractivity contribution < 1.29 is 18.8 Å². The normalized spacial score (nSPS) is 10.4. The van der Waals surface area contributed by atoms with Gasteiger partial charge in [-0.2, -0.15) is 0 Å². The lowest BCUT2D eigenvalue weighted by molar-refractivity contribution is -0.133. The lowest BCUT2D eigenvalue weighted by Gasteiger charge is -2.17. The van der Waals surface area contributed by atoms with E-state index in [-0.39, 0.29) is 37.0 Å². The van der Waals surface area contributed by atoms with Crippen LogP contribution in [0.5, 0.6) is 0 Å². The summed E-state index contributed by atoms with van der Waals surface area (Å²) < 4.78 is 12.9. The molecule has 0 aliphatic rings. The maximum atomic E-state index is 12.9. The van der Waals surface area contributed by atoms with Gasteiger partial charge in [0.15, 0.2) is 5.78 Å². The van der Waals surface area contributed by atoms with Crippen LogP contribution in [0.3, 0.4) is 0 Å². The van der Waals surface area contributed by atoms with E-state index in [9.17, 15) is 18.8 Å². The number of aryl methyl sites for hydroxylation is 2. The van der Waals surface area contributed by atoms with E-state index in [0.29, 0.717) is 11.3 Å². The number of likely N-dealkylation sites (N-methyl/N-ethyl adjacent to an activating group) is 1. The number of hydrogen-bond donors (Lipinski definition) is 1. The monoisotopic (exact) mass is 370 g/mol. The molecule has 0 unspecified atom stereocenters. The number of carbonyl (C=O) groups is 3. The molecule has 2 aromatic carbocycles. The molecule has 0 saturated heterocycles. The molecule has 0 aliphatic heterocycles. The Bertz CT molecular complexity index is 847. The minimum Gasteiger partial charge on any atom is -0.336 e. The Labute approximate surface area is 158 Å². The van der Waals surface area contributed by atoms with Crippen molar-refractivity contribution >= 4 is 23.3 Å². The zero-order chi connectivity index (χ0) is 20.0. The number of nitrogens with zero attached hydrogens (tertiary/aromatic N) is 1. The van der Waals surface area contributed by atoms with E-state index in [1.54, 1.807) is 0 Å². The Morgan fingerprint density at radius 2 is 1.67 bits per heavy atom. The molecular weight excluding hydrogens is 347 g/mol. The third-order valence-electron chi connectivity index (χ3n) is 4.21. The van der Waals surface area contributed by atoms with Gasteiger partial charge in [-0.05, 0) is 55.3 Å². The lowest BCUT2D eigenvalue weighted by Crippen LogP contribution is -2.35. The van der Waals surface area contributed by atoms with Crippen LogP contribution < -0.4 is 5.32 Å². The first-order valence-electron chi connectivity index (χ1n) is 8.66. The number of nitrogens with one attached hydrogen (secondary N) is 1. The minimum atomic E-state index is -0.419. The summed E-state index contributed by atoms with van der Waals surface area (Å²) in [5.74, 6) is -1.26. The number of ketones is 1. The Morgan fingerprint density at radius 1 is 1.00 bits per heavy atom. The number of Topliss-reactive ketones (excluding diaryl/α,β-unsaturated/α-hetero) is 1. The molecule has 0 spiro atoms. The summed E-state index contributed by atoms with van der Waals surface area (Å²) in [6.07, 6.45) is -0.00310. The third kappa shape index (κ3) is 6.02. The summed E-state index contributed by atoms with van der Waals surface area (Å²) in [6.45, 7) is 3.73. The fraction of sp³-hybridized carbons (Fsp3) is 0.286. The van der Waals surface area contributed by atoms with Gasteiger partial charge >= 0.3 is 0 Å². The summed E-state index contributed by atoms with van der Waals surface area (Å²) in [6, 6.07) is 10.9. The Balaban J connectivity index is 1.84. The van der Waals surface area contributed by atoms with Crippen molar-refractivity contribution in [2.45, 2.75) is 26.7 Å². The molecule has 2 rings (SSSR count). The van der Waals surface area contributed by atoms with Crippen molar-refractivity contribution in [3.63, 3.8) is 0 Å². The fourth-order valence-corrected chi connectivity index (χ4v) is 2.56. The quantitative estimate of drug-likeness (QED) is 0.759. The van der Waals surface area contributed by atoms with E-state index < -0.39 is 5.82 Å². The van der Waals surface area contributed by atoms with Crippen molar-refractivity contribution in [3.05, 3.63) is 65.0 Å². The van der Waals surface area contributed by atoms with Crippen LogP contribution >= 0.6 is 0 Å². The summed E-state index contributed by atoms with van der Waals surface area (Å²) in [4.78, 5) is 37.7. The van der Waals surface area contributed by atoms with Crippen LogP contribution in [0.15, 0.2) is 42.5 Å². The molecule has 2 amide bonds. The maximum Gasteiger partial charge on any atom is 0.243 e. The average molecular weight is 370 g/mol. The number of carbonyl (C=O) groups excluding carboxylic acids is 3. The van der Waals surface area contributed by atoms with Gasteiger partial charge in [0.25, 0.3) is 0 Å². The molecule has 0 fully saturated rings. The molecule has 0 aliphatic carbocycles. The smallest absolute Gasteiger partial charge is 0.243 e. The number of halogens is 1. The van der Waals surface area contributed by atoms with Crippen molar-refractivity contribution in [1.29, 1.82) is 0 Å². The standard InChI is InChI=1S/C21H23FN2O3/c1-14-4-5-15(2)18(12-14)23-20(26)13-24(3)21(27)11-10-19(25)16-6-8-17(22)9-7-16/h4-9,12H,10-11,13H2,1-3H3,(H,23,26). The van der Waals surface area contributed by atoms with Gasteiger partial charge in [0, 0.05) is 31.1 Å². The molecule has 142 valence electrons. The number of amides is 2. The topological polar surface area (TPSA) is 66.5 Å². The molecule has 0 saturated carbocycles. The summed E-state index contributed by atoms with van der Waals surface area (Å²) in [7, 11) is 1.52. The Kier molecular flexibility index (Phi) is 6.82. The highest BCUT2D eigenvalue weighted by atomic mass is 19.1. The van der Waals surface area contributed by atoms with Gasteiger partial charge in [-0.15, -0.1) is 0 Å². The van der Waals surface area contributed by atoms with Gasteiger partial charge in [0.05, 0.1) is 6.54 Å². The van der Waals surface area contributed by atoms with Crippen LogP contribution in [-0.4, -0.2) is 36.1 Å². The molecule has 0 atom stereocenters. The second kappa shape index (κ2) is 9.07. The molecule has 0 radical (unpaired) electrons. The van der Waals surface area contributed by atoms with E-state index in [4.69, 9.17) is 0 Å². The highest BCUT2D eigenvalue weighted by Crippen LogP contribution is 2.16. The molecule has 2 aromatic rings. The van der Waals surface area contributed by atoms with Crippen LogP contribution in [0.1, 0.15) is 34.3 Å². The second-order valence-corrected chi connectivity index (χ2v) is 6.55. The first-order chi connectivity index (χ1) is 12.8. The minimum absolute atomic E-state index is 0.00735. The number of rotatable bonds is 7. The zero-order valence-electron chi connectivity index (χ0n) is 15.7. The predicted octanol–water partition coefficient (Wildman–Crippen LogP) is 3.50. The molecule has 6 heteroatoms. The molecular formula is C21H23FN2O3.